The molecule has 0 fully saturated rings. The van der Waals surface area contributed by atoms with Crippen molar-refractivity contribution in [2.24, 2.45) is 11.3 Å². The molecule has 0 aromatic heterocycles. The summed E-state index contributed by atoms with van der Waals surface area (Å²) in [6.45, 7) is 13.5. The van der Waals surface area contributed by atoms with E-state index >= 15 is 0 Å². The summed E-state index contributed by atoms with van der Waals surface area (Å²) < 4.78 is 0. The fourth-order valence-corrected chi connectivity index (χ4v) is 2.43. The molecule has 106 valence electrons. The molecule has 0 atom stereocenters. The third kappa shape index (κ3) is 4.79. The molecule has 0 radical (unpaired) electrons. The molecule has 1 rings (SSSR count). The molecular formula is C17H27NO. The van der Waals surface area contributed by atoms with E-state index in [1.165, 1.54) is 0 Å². The van der Waals surface area contributed by atoms with Crippen LogP contribution in [-0.4, -0.2) is 30.3 Å². The van der Waals surface area contributed by atoms with Crippen molar-refractivity contribution >= 4 is 5.78 Å². The average molecular weight is 261 g/mol. The molecule has 0 saturated carbocycles. The maximum Gasteiger partial charge on any atom is 0.169 e. The Morgan fingerprint density at radius 2 is 1.79 bits per heavy atom. The third-order valence-corrected chi connectivity index (χ3v) is 3.34. The number of hydrogen-bond donors (Lipinski definition) is 0. The van der Waals surface area contributed by atoms with Crippen molar-refractivity contribution in [2.75, 3.05) is 19.6 Å². The lowest BCUT2D eigenvalue weighted by molar-refractivity contribution is 0.0758. The second-order valence-electron chi connectivity index (χ2n) is 6.30. The molecule has 0 aliphatic rings. The van der Waals surface area contributed by atoms with Crippen LogP contribution in [0.3, 0.4) is 0 Å². The predicted octanol–water partition coefficient (Wildman–Crippen LogP) is 3.87. The molecule has 0 amide bonds. The molecule has 1 aromatic carbocycles. The number of Topliss-reactive ketones (excluding diaryl/α,β-unsaturated/α-hetero) is 1. The van der Waals surface area contributed by atoms with Crippen LogP contribution in [0.25, 0.3) is 0 Å². The highest BCUT2D eigenvalue weighted by atomic mass is 16.1. The van der Waals surface area contributed by atoms with Gasteiger partial charge in [-0.25, -0.2) is 0 Å². The molecule has 0 aliphatic carbocycles. The van der Waals surface area contributed by atoms with Crippen LogP contribution in [0.2, 0.25) is 0 Å². The number of ketones is 1. The summed E-state index contributed by atoms with van der Waals surface area (Å²) in [6.07, 6.45) is 0. The normalized spacial score (nSPS) is 12.2. The van der Waals surface area contributed by atoms with Gasteiger partial charge in [-0.05, 0) is 12.5 Å². The lowest BCUT2D eigenvalue weighted by Gasteiger charge is -2.32. The Balaban J connectivity index is 2.77. The first kappa shape index (κ1) is 15.9. The maximum absolute atomic E-state index is 12.6. The fourth-order valence-electron chi connectivity index (χ4n) is 2.43. The number of benzene rings is 1. The highest BCUT2D eigenvalue weighted by Gasteiger charge is 2.30. The summed E-state index contributed by atoms with van der Waals surface area (Å²) in [5, 5.41) is 0. The van der Waals surface area contributed by atoms with Crippen molar-refractivity contribution in [3.8, 4) is 0 Å². The van der Waals surface area contributed by atoms with Crippen molar-refractivity contribution < 1.29 is 4.79 Å². The van der Waals surface area contributed by atoms with E-state index in [1.807, 2.05) is 44.2 Å². The zero-order valence-corrected chi connectivity index (χ0v) is 12.9. The molecular weight excluding hydrogens is 234 g/mol. The summed E-state index contributed by atoms with van der Waals surface area (Å²) in [7, 11) is 0. The monoisotopic (exact) mass is 261 g/mol. The van der Waals surface area contributed by atoms with Crippen molar-refractivity contribution in [2.45, 2.75) is 34.6 Å². The van der Waals surface area contributed by atoms with Crippen LogP contribution < -0.4 is 0 Å². The maximum atomic E-state index is 12.6. The minimum absolute atomic E-state index is 0.232. The van der Waals surface area contributed by atoms with E-state index in [9.17, 15) is 4.79 Å². The van der Waals surface area contributed by atoms with Crippen molar-refractivity contribution in [1.29, 1.82) is 0 Å². The standard InChI is InChI=1S/C17H27NO/c1-6-18(12-14(2)3)13-17(4,5)16(19)15-10-8-7-9-11-15/h7-11,14H,6,12-13H2,1-5H3. The molecule has 19 heavy (non-hydrogen) atoms. The fraction of sp³-hybridized carbons (Fsp3) is 0.588. The van der Waals surface area contributed by atoms with E-state index in [0.717, 1.165) is 25.2 Å². The van der Waals surface area contributed by atoms with E-state index < -0.39 is 0 Å². The van der Waals surface area contributed by atoms with Crippen LogP contribution in [0.15, 0.2) is 30.3 Å². The van der Waals surface area contributed by atoms with Crippen LogP contribution in [0.4, 0.5) is 0 Å². The summed E-state index contributed by atoms with van der Waals surface area (Å²) in [6, 6.07) is 9.61. The van der Waals surface area contributed by atoms with Crippen LogP contribution in [0.1, 0.15) is 45.0 Å². The third-order valence-electron chi connectivity index (χ3n) is 3.34. The SMILES string of the molecule is CCN(CC(C)C)CC(C)(C)C(=O)c1ccccc1. The number of hydrogen-bond acceptors (Lipinski definition) is 2. The predicted molar refractivity (Wildman–Crippen MR) is 81.5 cm³/mol. The van der Waals surface area contributed by atoms with Gasteiger partial charge in [0.05, 0.1) is 0 Å². The number of carbonyl (C=O) groups is 1. The smallest absolute Gasteiger partial charge is 0.169 e. The first-order valence-electron chi connectivity index (χ1n) is 7.19. The molecule has 0 heterocycles. The van der Waals surface area contributed by atoms with Gasteiger partial charge in [-0.2, -0.15) is 0 Å². The van der Waals surface area contributed by atoms with Gasteiger partial charge in [0, 0.05) is 24.1 Å². The zero-order valence-electron chi connectivity index (χ0n) is 12.9. The highest BCUT2D eigenvalue weighted by Crippen LogP contribution is 2.23. The number of carbonyl (C=O) groups excluding carboxylic acids is 1. The molecule has 0 spiro atoms. The Kier molecular flexibility index (Phi) is 5.74. The molecule has 2 heteroatoms. The van der Waals surface area contributed by atoms with Gasteiger partial charge in [0.1, 0.15) is 0 Å². The van der Waals surface area contributed by atoms with Gasteiger partial charge in [0.25, 0.3) is 0 Å². The average Bonchev–Trinajstić information content (AvgIpc) is 2.37. The lowest BCUT2D eigenvalue weighted by Crippen LogP contribution is -2.40. The van der Waals surface area contributed by atoms with Gasteiger partial charge in [-0.3, -0.25) is 4.79 Å². The largest absolute Gasteiger partial charge is 0.302 e. The van der Waals surface area contributed by atoms with Crippen molar-refractivity contribution in [3.05, 3.63) is 35.9 Å². The van der Waals surface area contributed by atoms with Crippen LogP contribution >= 0.6 is 0 Å². The molecule has 0 aliphatic heterocycles. The summed E-state index contributed by atoms with van der Waals surface area (Å²) in [5.74, 6) is 0.859. The van der Waals surface area contributed by atoms with Gasteiger partial charge in [0.15, 0.2) is 5.78 Å². The van der Waals surface area contributed by atoms with E-state index in [-0.39, 0.29) is 11.2 Å². The minimum atomic E-state index is -0.341. The Bertz CT molecular complexity index is 395. The van der Waals surface area contributed by atoms with E-state index in [4.69, 9.17) is 0 Å². The van der Waals surface area contributed by atoms with E-state index in [2.05, 4.69) is 25.7 Å². The Morgan fingerprint density at radius 1 is 1.21 bits per heavy atom. The minimum Gasteiger partial charge on any atom is -0.302 e. The lowest BCUT2D eigenvalue weighted by atomic mass is 9.83. The molecule has 0 N–H and O–H groups in total. The topological polar surface area (TPSA) is 20.3 Å². The molecule has 0 saturated heterocycles. The Labute approximate surface area is 117 Å². The first-order valence-corrected chi connectivity index (χ1v) is 7.19. The van der Waals surface area contributed by atoms with Crippen molar-refractivity contribution in [3.63, 3.8) is 0 Å². The second kappa shape index (κ2) is 6.85. The zero-order chi connectivity index (χ0) is 14.5. The quantitative estimate of drug-likeness (QED) is 0.694. The first-order chi connectivity index (χ1) is 8.86. The van der Waals surface area contributed by atoms with E-state index in [0.29, 0.717) is 5.92 Å². The van der Waals surface area contributed by atoms with Gasteiger partial charge in [0.2, 0.25) is 0 Å². The molecule has 0 bridgehead atoms. The van der Waals surface area contributed by atoms with Gasteiger partial charge in [-0.15, -0.1) is 0 Å². The molecule has 1 aromatic rings. The van der Waals surface area contributed by atoms with Gasteiger partial charge < -0.3 is 4.90 Å². The van der Waals surface area contributed by atoms with E-state index in [1.54, 1.807) is 0 Å². The summed E-state index contributed by atoms with van der Waals surface area (Å²) in [5.41, 5.74) is 0.472. The second-order valence-corrected chi connectivity index (χ2v) is 6.30. The molecule has 0 unspecified atom stereocenters. The number of nitrogens with zero attached hydrogens (tertiary/aromatic N) is 1. The highest BCUT2D eigenvalue weighted by molar-refractivity contribution is 6.00. The van der Waals surface area contributed by atoms with Crippen LogP contribution in [0.5, 0.6) is 0 Å². The van der Waals surface area contributed by atoms with Crippen LogP contribution in [0, 0.1) is 11.3 Å². The van der Waals surface area contributed by atoms with Gasteiger partial charge in [-0.1, -0.05) is 65.0 Å². The number of rotatable bonds is 7. The Hall–Kier alpha value is -1.15. The summed E-state index contributed by atoms with van der Waals surface area (Å²) in [4.78, 5) is 14.9. The van der Waals surface area contributed by atoms with Crippen LogP contribution in [-0.2, 0) is 0 Å². The Morgan fingerprint density at radius 3 is 2.26 bits per heavy atom. The van der Waals surface area contributed by atoms with Crippen molar-refractivity contribution in [1.82, 2.24) is 4.90 Å². The van der Waals surface area contributed by atoms with Gasteiger partial charge >= 0.3 is 0 Å². The molecule has 2 nitrogen and oxygen atoms in total. The summed E-state index contributed by atoms with van der Waals surface area (Å²) >= 11 is 0.